The van der Waals surface area contributed by atoms with E-state index in [9.17, 15) is 18.4 Å². The Balaban J connectivity index is 1.01. The average Bonchev–Trinajstić information content (AvgIpc) is 4.04. The number of nitrogens with zero attached hydrogens (tertiary/aromatic N) is 1. The van der Waals surface area contributed by atoms with E-state index in [2.05, 4.69) is 15.6 Å². The van der Waals surface area contributed by atoms with Gasteiger partial charge in [0.1, 0.15) is 29.3 Å². The molecule has 4 aromatic rings. The largest absolute Gasteiger partial charge is 0.493 e. The Morgan fingerprint density at radius 3 is 2.39 bits per heavy atom. The summed E-state index contributed by atoms with van der Waals surface area (Å²) < 4.78 is 65.7. The van der Waals surface area contributed by atoms with E-state index >= 15 is 4.39 Å². The van der Waals surface area contributed by atoms with Gasteiger partial charge in [0.05, 0.1) is 18.2 Å². The van der Waals surface area contributed by atoms with Crippen molar-refractivity contribution in [2.75, 3.05) is 32.2 Å². The molecule has 1 aromatic heterocycles. The van der Waals surface area contributed by atoms with Crippen molar-refractivity contribution in [3.63, 3.8) is 0 Å². The van der Waals surface area contributed by atoms with Gasteiger partial charge in [0, 0.05) is 61.1 Å². The molecule has 2 N–H and O–H groups in total. The number of methoxy groups -OCH3 is 1. The van der Waals surface area contributed by atoms with Crippen molar-refractivity contribution in [1.82, 2.24) is 10.3 Å². The maximum Gasteiger partial charge on any atom is 0.238 e. The number of halogens is 3. The zero-order valence-corrected chi connectivity index (χ0v) is 27.0. The molecule has 0 unspecified atom stereocenters. The molecular formula is C37H36F3N3O6. The minimum atomic E-state index is -1.34. The molecule has 0 spiro atoms. The SMILES string of the molecule is COc1cc2c(Oc3ccc(CC(=O)C4(C(=O)Nc5ccc(F)c(F)c5)CC4)c(F)c3)ccnc2cc1OCC1(NC2CCOCC2)CC1. The summed E-state index contributed by atoms with van der Waals surface area (Å²) in [6.07, 6.45) is 5.89. The highest BCUT2D eigenvalue weighted by atomic mass is 19.2. The Morgan fingerprint density at radius 2 is 1.69 bits per heavy atom. The monoisotopic (exact) mass is 675 g/mol. The maximum atomic E-state index is 15.3. The summed E-state index contributed by atoms with van der Waals surface area (Å²) >= 11 is 0. The molecule has 3 aliphatic rings. The molecular weight excluding hydrogens is 639 g/mol. The normalized spacial score (nSPS) is 17.7. The number of anilines is 1. The number of hydrogen-bond donors (Lipinski definition) is 2. The quantitative estimate of drug-likeness (QED) is 0.152. The standard InChI is InChI=1S/C37H36F3N3O6/c1-46-32-19-26-30(20-33(32)48-21-36(9-10-36)43-23-7-14-47-15-8-23)41-13-6-31(26)49-25-4-2-22(28(39)18-25)16-34(44)37(11-12-37)35(45)42-24-3-5-27(38)29(40)17-24/h2-6,13,17-20,23,43H,7-12,14-16,21H2,1H3,(H,42,45). The van der Waals surface area contributed by atoms with Crippen molar-refractivity contribution in [3.05, 3.63) is 83.8 Å². The first kappa shape index (κ1) is 32.8. The van der Waals surface area contributed by atoms with E-state index in [-0.39, 0.29) is 41.8 Å². The summed E-state index contributed by atoms with van der Waals surface area (Å²) in [5.41, 5.74) is -0.658. The van der Waals surface area contributed by atoms with Crippen LogP contribution in [0.2, 0.25) is 0 Å². The Morgan fingerprint density at radius 1 is 0.898 bits per heavy atom. The molecule has 3 aromatic carbocycles. The first-order chi connectivity index (χ1) is 23.7. The summed E-state index contributed by atoms with van der Waals surface area (Å²) in [5, 5.41) is 6.88. The van der Waals surface area contributed by atoms with Gasteiger partial charge in [0.25, 0.3) is 0 Å². The van der Waals surface area contributed by atoms with Crippen LogP contribution in [0.4, 0.5) is 18.9 Å². The molecule has 0 radical (unpaired) electrons. The second-order valence-corrected chi connectivity index (χ2v) is 13.0. The Bertz CT molecular complexity index is 1910. The molecule has 7 rings (SSSR count). The predicted molar refractivity (Wildman–Crippen MR) is 175 cm³/mol. The molecule has 9 nitrogen and oxygen atoms in total. The van der Waals surface area contributed by atoms with Crippen LogP contribution >= 0.6 is 0 Å². The molecule has 2 heterocycles. The van der Waals surface area contributed by atoms with Crippen LogP contribution < -0.4 is 24.8 Å². The number of rotatable bonds is 13. The van der Waals surface area contributed by atoms with Gasteiger partial charge in [0.2, 0.25) is 5.91 Å². The van der Waals surface area contributed by atoms with E-state index in [1.54, 1.807) is 37.6 Å². The van der Waals surface area contributed by atoms with Crippen LogP contribution in [0, 0.1) is 22.9 Å². The summed E-state index contributed by atoms with van der Waals surface area (Å²) in [7, 11) is 1.56. The van der Waals surface area contributed by atoms with Gasteiger partial charge in [-0.2, -0.15) is 0 Å². The molecule has 1 aliphatic heterocycles. The van der Waals surface area contributed by atoms with Crippen LogP contribution in [-0.4, -0.2) is 55.2 Å². The summed E-state index contributed by atoms with van der Waals surface area (Å²) in [4.78, 5) is 30.6. The lowest BCUT2D eigenvalue weighted by molar-refractivity contribution is -0.132. The lowest BCUT2D eigenvalue weighted by Gasteiger charge is -2.28. The van der Waals surface area contributed by atoms with Crippen LogP contribution in [0.1, 0.15) is 44.1 Å². The Hall–Kier alpha value is -4.68. The number of carbonyl (C=O) groups excluding carboxylic acids is 2. The molecule has 0 bridgehead atoms. The predicted octanol–water partition coefficient (Wildman–Crippen LogP) is 6.66. The number of ketones is 1. The minimum absolute atomic E-state index is 0.0331. The van der Waals surface area contributed by atoms with Gasteiger partial charge in [-0.05, 0) is 74.4 Å². The van der Waals surface area contributed by atoms with E-state index < -0.39 is 34.6 Å². The number of benzene rings is 3. The summed E-state index contributed by atoms with van der Waals surface area (Å²) in [5.74, 6) is -2.23. The van der Waals surface area contributed by atoms with Crippen molar-refractivity contribution < 1.29 is 41.7 Å². The lowest BCUT2D eigenvalue weighted by Crippen LogP contribution is -2.46. The van der Waals surface area contributed by atoms with Crippen LogP contribution in [0.5, 0.6) is 23.0 Å². The number of carbonyl (C=O) groups is 2. The van der Waals surface area contributed by atoms with Gasteiger partial charge in [-0.3, -0.25) is 14.6 Å². The molecule has 49 heavy (non-hydrogen) atoms. The smallest absolute Gasteiger partial charge is 0.238 e. The second kappa shape index (κ2) is 13.3. The van der Waals surface area contributed by atoms with Crippen molar-refractivity contribution in [1.29, 1.82) is 0 Å². The summed E-state index contributed by atoms with van der Waals surface area (Å²) in [6.45, 7) is 2.04. The number of amides is 1. The fraction of sp³-hybridized carbons (Fsp3) is 0.378. The molecule has 2 aliphatic carbocycles. The van der Waals surface area contributed by atoms with Crippen LogP contribution in [0.25, 0.3) is 10.9 Å². The first-order valence-corrected chi connectivity index (χ1v) is 16.4. The molecule has 1 amide bonds. The van der Waals surface area contributed by atoms with E-state index in [1.807, 2.05) is 0 Å². The molecule has 2 saturated carbocycles. The van der Waals surface area contributed by atoms with E-state index in [4.69, 9.17) is 18.9 Å². The van der Waals surface area contributed by atoms with E-state index in [0.29, 0.717) is 40.8 Å². The van der Waals surface area contributed by atoms with Crippen molar-refractivity contribution in [2.24, 2.45) is 5.41 Å². The zero-order valence-electron chi connectivity index (χ0n) is 27.0. The van der Waals surface area contributed by atoms with Crippen LogP contribution in [0.15, 0.2) is 60.8 Å². The third-order valence-electron chi connectivity index (χ3n) is 9.58. The van der Waals surface area contributed by atoms with Gasteiger partial charge in [-0.1, -0.05) is 6.07 Å². The number of ether oxygens (including phenoxy) is 4. The van der Waals surface area contributed by atoms with Gasteiger partial charge < -0.3 is 29.6 Å². The average molecular weight is 676 g/mol. The topological polar surface area (TPSA) is 108 Å². The first-order valence-electron chi connectivity index (χ1n) is 16.4. The number of fused-ring (bicyclic) bond motifs is 1. The van der Waals surface area contributed by atoms with Gasteiger partial charge >= 0.3 is 0 Å². The van der Waals surface area contributed by atoms with E-state index in [0.717, 1.165) is 51.0 Å². The van der Waals surface area contributed by atoms with Crippen LogP contribution in [-0.2, 0) is 20.7 Å². The highest BCUT2D eigenvalue weighted by molar-refractivity contribution is 6.14. The number of pyridine rings is 1. The summed E-state index contributed by atoms with van der Waals surface area (Å²) in [6, 6.07) is 12.8. The third kappa shape index (κ3) is 7.06. The highest BCUT2D eigenvalue weighted by Gasteiger charge is 2.55. The molecule has 0 atom stereocenters. The molecule has 1 saturated heterocycles. The fourth-order valence-corrected chi connectivity index (χ4v) is 6.25. The second-order valence-electron chi connectivity index (χ2n) is 13.0. The van der Waals surface area contributed by atoms with Crippen molar-refractivity contribution in [3.8, 4) is 23.0 Å². The molecule has 12 heteroatoms. The Labute approximate surface area is 281 Å². The van der Waals surface area contributed by atoms with Gasteiger partial charge in [-0.15, -0.1) is 0 Å². The van der Waals surface area contributed by atoms with Gasteiger partial charge in [-0.25, -0.2) is 13.2 Å². The minimum Gasteiger partial charge on any atom is -0.493 e. The van der Waals surface area contributed by atoms with Crippen molar-refractivity contribution in [2.45, 2.75) is 56.5 Å². The highest BCUT2D eigenvalue weighted by Crippen LogP contribution is 2.48. The molecule has 3 fully saturated rings. The number of hydrogen-bond acceptors (Lipinski definition) is 8. The molecule has 256 valence electrons. The zero-order chi connectivity index (χ0) is 34.2. The van der Waals surface area contributed by atoms with Crippen LogP contribution in [0.3, 0.4) is 0 Å². The number of nitrogens with one attached hydrogen (secondary N) is 2. The Kier molecular flexibility index (Phi) is 8.93. The number of aromatic nitrogens is 1. The number of Topliss-reactive ketones (excluding diaryl/α,β-unsaturated/α-hetero) is 1. The van der Waals surface area contributed by atoms with E-state index in [1.165, 1.54) is 18.2 Å². The van der Waals surface area contributed by atoms with Gasteiger partial charge in [0.15, 0.2) is 28.9 Å². The maximum absolute atomic E-state index is 15.3. The fourth-order valence-electron chi connectivity index (χ4n) is 6.25. The lowest BCUT2D eigenvalue weighted by atomic mass is 9.93. The third-order valence-corrected chi connectivity index (χ3v) is 9.58. The van der Waals surface area contributed by atoms with Crippen molar-refractivity contribution >= 4 is 28.3 Å².